The SMILES string of the molecule is CC(C)CNC(=O)[C@@H](C)N(Cc1ccccc1F)C(=O)CSCc1ccccc1F. The molecule has 0 unspecified atom stereocenters. The molecular formula is C23H28F2N2O2S. The summed E-state index contributed by atoms with van der Waals surface area (Å²) in [7, 11) is 0. The van der Waals surface area contributed by atoms with Crippen molar-refractivity contribution in [3.8, 4) is 0 Å². The van der Waals surface area contributed by atoms with Crippen LogP contribution in [0.3, 0.4) is 0 Å². The molecule has 7 heteroatoms. The van der Waals surface area contributed by atoms with E-state index in [-0.39, 0.29) is 35.8 Å². The highest BCUT2D eigenvalue weighted by Crippen LogP contribution is 2.18. The van der Waals surface area contributed by atoms with Crippen molar-refractivity contribution in [1.29, 1.82) is 0 Å². The van der Waals surface area contributed by atoms with Crippen molar-refractivity contribution in [2.24, 2.45) is 5.92 Å². The number of amides is 2. The highest BCUT2D eigenvalue weighted by atomic mass is 32.2. The lowest BCUT2D eigenvalue weighted by molar-refractivity contribution is -0.138. The van der Waals surface area contributed by atoms with Gasteiger partial charge in [0.25, 0.3) is 0 Å². The third kappa shape index (κ3) is 7.13. The Labute approximate surface area is 181 Å². The van der Waals surface area contributed by atoms with Crippen LogP contribution in [0, 0.1) is 17.6 Å². The fraction of sp³-hybridized carbons (Fsp3) is 0.391. The molecule has 1 atom stereocenters. The van der Waals surface area contributed by atoms with Gasteiger partial charge in [0.1, 0.15) is 17.7 Å². The molecule has 4 nitrogen and oxygen atoms in total. The second-order valence-corrected chi connectivity index (χ2v) is 8.50. The van der Waals surface area contributed by atoms with E-state index in [4.69, 9.17) is 0 Å². The number of hydrogen-bond donors (Lipinski definition) is 1. The van der Waals surface area contributed by atoms with Gasteiger partial charge in [-0.1, -0.05) is 50.2 Å². The maximum Gasteiger partial charge on any atom is 0.242 e. The third-order valence-electron chi connectivity index (χ3n) is 4.59. The molecule has 0 saturated heterocycles. The van der Waals surface area contributed by atoms with Crippen LogP contribution in [-0.2, 0) is 21.9 Å². The van der Waals surface area contributed by atoms with Crippen molar-refractivity contribution >= 4 is 23.6 Å². The molecule has 2 rings (SSSR count). The molecule has 0 aliphatic carbocycles. The van der Waals surface area contributed by atoms with Crippen LogP contribution >= 0.6 is 11.8 Å². The van der Waals surface area contributed by atoms with Gasteiger partial charge in [0.05, 0.1) is 5.75 Å². The minimum absolute atomic E-state index is 0.0119. The molecular weight excluding hydrogens is 406 g/mol. The van der Waals surface area contributed by atoms with Crippen molar-refractivity contribution in [1.82, 2.24) is 10.2 Å². The van der Waals surface area contributed by atoms with E-state index >= 15 is 0 Å². The van der Waals surface area contributed by atoms with Crippen LogP contribution in [0.15, 0.2) is 48.5 Å². The van der Waals surface area contributed by atoms with Gasteiger partial charge in [-0.2, -0.15) is 0 Å². The molecule has 0 aliphatic heterocycles. The van der Waals surface area contributed by atoms with Crippen LogP contribution in [0.25, 0.3) is 0 Å². The van der Waals surface area contributed by atoms with Gasteiger partial charge >= 0.3 is 0 Å². The lowest BCUT2D eigenvalue weighted by Gasteiger charge is -2.29. The summed E-state index contributed by atoms with van der Waals surface area (Å²) >= 11 is 1.26. The Morgan fingerprint density at radius 3 is 2.10 bits per heavy atom. The predicted octanol–water partition coefficient (Wildman–Crippen LogP) is 4.39. The fourth-order valence-corrected chi connectivity index (χ4v) is 3.69. The molecule has 0 heterocycles. The zero-order valence-corrected chi connectivity index (χ0v) is 18.3. The summed E-state index contributed by atoms with van der Waals surface area (Å²) in [6.45, 7) is 6.07. The van der Waals surface area contributed by atoms with Crippen LogP contribution in [0.5, 0.6) is 0 Å². The maximum absolute atomic E-state index is 14.2. The Bertz CT molecular complexity index is 861. The summed E-state index contributed by atoms with van der Waals surface area (Å²) in [5.41, 5.74) is 0.854. The number of carbonyl (C=O) groups excluding carboxylic acids is 2. The number of nitrogens with one attached hydrogen (secondary N) is 1. The van der Waals surface area contributed by atoms with E-state index in [1.807, 2.05) is 13.8 Å². The van der Waals surface area contributed by atoms with Gasteiger partial charge in [-0.3, -0.25) is 9.59 Å². The quantitative estimate of drug-likeness (QED) is 0.604. The van der Waals surface area contributed by atoms with Gasteiger partial charge in [-0.15, -0.1) is 11.8 Å². The first-order chi connectivity index (χ1) is 14.3. The maximum atomic E-state index is 14.2. The van der Waals surface area contributed by atoms with Crippen molar-refractivity contribution in [3.05, 3.63) is 71.3 Å². The van der Waals surface area contributed by atoms with Gasteiger partial charge in [0.15, 0.2) is 0 Å². The Balaban J connectivity index is 2.08. The number of benzene rings is 2. The average Bonchev–Trinajstić information content (AvgIpc) is 2.72. The Kier molecular flexibility index (Phi) is 9.30. The molecule has 0 bridgehead atoms. The zero-order valence-electron chi connectivity index (χ0n) is 17.5. The van der Waals surface area contributed by atoms with Crippen LogP contribution in [-0.4, -0.2) is 35.1 Å². The molecule has 0 saturated carbocycles. The second kappa shape index (κ2) is 11.7. The first kappa shape index (κ1) is 23.9. The second-order valence-electron chi connectivity index (χ2n) is 7.51. The first-order valence-electron chi connectivity index (χ1n) is 9.91. The topological polar surface area (TPSA) is 49.4 Å². The molecule has 0 aliphatic rings. The van der Waals surface area contributed by atoms with E-state index in [0.717, 1.165) is 0 Å². The van der Waals surface area contributed by atoms with Gasteiger partial charge in [0.2, 0.25) is 11.8 Å². The minimum Gasteiger partial charge on any atom is -0.354 e. The number of carbonyl (C=O) groups is 2. The largest absolute Gasteiger partial charge is 0.354 e. The van der Waals surface area contributed by atoms with E-state index in [2.05, 4.69) is 5.32 Å². The normalized spacial score (nSPS) is 11.9. The lowest BCUT2D eigenvalue weighted by atomic mass is 10.1. The molecule has 1 N–H and O–H groups in total. The summed E-state index contributed by atoms with van der Waals surface area (Å²) in [5.74, 6) is -0.663. The molecule has 0 aromatic heterocycles. The van der Waals surface area contributed by atoms with Gasteiger partial charge < -0.3 is 10.2 Å². The van der Waals surface area contributed by atoms with E-state index < -0.39 is 11.9 Å². The zero-order chi connectivity index (χ0) is 22.1. The molecule has 2 aromatic carbocycles. The fourth-order valence-electron chi connectivity index (χ4n) is 2.79. The summed E-state index contributed by atoms with van der Waals surface area (Å²) in [6.07, 6.45) is 0. The summed E-state index contributed by atoms with van der Waals surface area (Å²) in [4.78, 5) is 26.9. The van der Waals surface area contributed by atoms with Crippen LogP contribution in [0.4, 0.5) is 8.78 Å². The standard InChI is InChI=1S/C23H28F2N2O2S/c1-16(2)12-26-23(29)17(3)27(13-18-8-4-6-10-20(18)24)22(28)15-30-14-19-9-5-7-11-21(19)25/h4-11,16-17H,12-15H2,1-3H3,(H,26,29)/t17-/m1/s1. The van der Waals surface area contributed by atoms with Crippen molar-refractivity contribution in [3.63, 3.8) is 0 Å². The number of nitrogens with zero attached hydrogens (tertiary/aromatic N) is 1. The summed E-state index contributed by atoms with van der Waals surface area (Å²) < 4.78 is 27.9. The first-order valence-corrected chi connectivity index (χ1v) is 11.1. The molecule has 0 fully saturated rings. The van der Waals surface area contributed by atoms with Gasteiger partial charge in [-0.25, -0.2) is 8.78 Å². The molecule has 30 heavy (non-hydrogen) atoms. The predicted molar refractivity (Wildman–Crippen MR) is 117 cm³/mol. The number of halogens is 2. The summed E-state index contributed by atoms with van der Waals surface area (Å²) in [5, 5.41) is 2.82. The van der Waals surface area contributed by atoms with Crippen LogP contribution in [0.2, 0.25) is 0 Å². The molecule has 0 radical (unpaired) electrons. The number of thioether (sulfide) groups is 1. The number of hydrogen-bond acceptors (Lipinski definition) is 3. The third-order valence-corrected chi connectivity index (χ3v) is 5.56. The van der Waals surface area contributed by atoms with Crippen molar-refractivity contribution in [2.75, 3.05) is 12.3 Å². The smallest absolute Gasteiger partial charge is 0.242 e. The van der Waals surface area contributed by atoms with Crippen molar-refractivity contribution in [2.45, 2.75) is 39.1 Å². The Morgan fingerprint density at radius 2 is 1.53 bits per heavy atom. The molecule has 162 valence electrons. The Hall–Kier alpha value is -2.41. The highest BCUT2D eigenvalue weighted by molar-refractivity contribution is 7.99. The minimum atomic E-state index is -0.759. The molecule has 2 aromatic rings. The van der Waals surface area contributed by atoms with Gasteiger partial charge in [-0.05, 0) is 30.5 Å². The average molecular weight is 435 g/mol. The van der Waals surface area contributed by atoms with Crippen molar-refractivity contribution < 1.29 is 18.4 Å². The van der Waals surface area contributed by atoms with Gasteiger partial charge in [0, 0.05) is 24.4 Å². The molecule has 2 amide bonds. The van der Waals surface area contributed by atoms with E-state index in [1.165, 1.54) is 28.8 Å². The monoisotopic (exact) mass is 434 g/mol. The Morgan fingerprint density at radius 1 is 0.967 bits per heavy atom. The van der Waals surface area contributed by atoms with Crippen LogP contribution < -0.4 is 5.32 Å². The lowest BCUT2D eigenvalue weighted by Crippen LogP contribution is -2.48. The van der Waals surface area contributed by atoms with Crippen LogP contribution in [0.1, 0.15) is 31.9 Å². The van der Waals surface area contributed by atoms with E-state index in [9.17, 15) is 18.4 Å². The highest BCUT2D eigenvalue weighted by Gasteiger charge is 2.26. The van der Waals surface area contributed by atoms with E-state index in [0.29, 0.717) is 23.4 Å². The number of rotatable bonds is 10. The molecule has 0 spiro atoms. The summed E-state index contributed by atoms with van der Waals surface area (Å²) in [6, 6.07) is 11.8. The van der Waals surface area contributed by atoms with E-state index in [1.54, 1.807) is 43.3 Å².